The first-order valence-corrected chi connectivity index (χ1v) is 9.42. The minimum atomic E-state index is -4.11. The number of ether oxygens (including phenoxy) is 1. The van der Waals surface area contributed by atoms with Gasteiger partial charge < -0.3 is 19.4 Å². The van der Waals surface area contributed by atoms with Gasteiger partial charge in [0, 0.05) is 19.8 Å². The van der Waals surface area contributed by atoms with E-state index in [4.69, 9.17) is 14.5 Å². The Morgan fingerprint density at radius 1 is 1.17 bits per heavy atom. The summed E-state index contributed by atoms with van der Waals surface area (Å²) in [5, 5.41) is 2.16. The zero-order valence-electron chi connectivity index (χ0n) is 13.2. The second kappa shape index (κ2) is 8.39. The first-order valence-electron chi connectivity index (χ1n) is 7.62. The molecule has 0 aliphatic carbocycles. The fourth-order valence-corrected chi connectivity index (χ4v) is 3.08. The summed E-state index contributed by atoms with van der Waals surface area (Å²) in [4.78, 5) is 41.6. The molecule has 0 saturated carbocycles. The van der Waals surface area contributed by atoms with Crippen LogP contribution in [0.4, 0.5) is 4.79 Å². The van der Waals surface area contributed by atoms with E-state index in [-0.39, 0.29) is 25.2 Å². The quantitative estimate of drug-likeness (QED) is 0.552. The largest absolute Gasteiger partial charge is 0.381 e. The number of urea groups is 1. The normalized spacial score (nSPS) is 17.5. The Kier molecular flexibility index (Phi) is 6.51. The van der Waals surface area contributed by atoms with Gasteiger partial charge in [0.05, 0.1) is 6.16 Å². The third-order valence-corrected chi connectivity index (χ3v) is 4.23. The number of rotatable bonds is 4. The van der Waals surface area contributed by atoms with E-state index >= 15 is 0 Å². The van der Waals surface area contributed by atoms with Gasteiger partial charge in [-0.25, -0.2) is 4.79 Å². The molecule has 9 heteroatoms. The van der Waals surface area contributed by atoms with E-state index in [2.05, 4.69) is 5.32 Å². The van der Waals surface area contributed by atoms with Crippen LogP contribution < -0.4 is 5.32 Å². The van der Waals surface area contributed by atoms with Gasteiger partial charge in [-0.15, -0.1) is 0 Å². The third kappa shape index (κ3) is 6.41. The molecule has 2 aliphatic heterocycles. The van der Waals surface area contributed by atoms with Gasteiger partial charge in [-0.1, -0.05) is 24.3 Å². The van der Waals surface area contributed by atoms with Crippen LogP contribution in [-0.4, -0.2) is 46.4 Å². The number of benzene rings is 1. The Morgan fingerprint density at radius 3 is 2.33 bits per heavy atom. The number of carbonyl (C=O) groups is 2. The molecular formula is C15H21N2O6P. The Balaban J connectivity index is 0.000000355. The van der Waals surface area contributed by atoms with Crippen molar-refractivity contribution in [3.63, 3.8) is 0 Å². The second-order valence-corrected chi connectivity index (χ2v) is 7.32. The molecule has 2 saturated heterocycles. The second-order valence-electron chi connectivity index (χ2n) is 5.67. The van der Waals surface area contributed by atoms with Gasteiger partial charge in [0.2, 0.25) is 5.91 Å². The van der Waals surface area contributed by atoms with Crippen LogP contribution in [0, 0.1) is 0 Å². The number of amides is 3. The van der Waals surface area contributed by atoms with Crippen molar-refractivity contribution in [2.24, 2.45) is 0 Å². The van der Waals surface area contributed by atoms with Gasteiger partial charge in [-0.2, -0.15) is 0 Å². The van der Waals surface area contributed by atoms with E-state index in [0.29, 0.717) is 5.56 Å². The van der Waals surface area contributed by atoms with Gasteiger partial charge in [-0.3, -0.25) is 14.7 Å². The van der Waals surface area contributed by atoms with E-state index in [1.807, 2.05) is 0 Å². The van der Waals surface area contributed by atoms with E-state index in [1.165, 1.54) is 17.7 Å². The minimum absolute atomic E-state index is 0.00154. The molecule has 2 fully saturated rings. The molecule has 1 aromatic carbocycles. The smallest absolute Gasteiger partial charge is 0.329 e. The van der Waals surface area contributed by atoms with Crippen molar-refractivity contribution < 1.29 is 28.7 Å². The SMILES string of the molecule is C1CCOC1.O=C1CN(Cc2cccc(CP(=O)(O)O)c2)C(=O)N1. The molecule has 1 aromatic rings. The Hall–Kier alpha value is -1.73. The van der Waals surface area contributed by atoms with Crippen molar-refractivity contribution in [3.8, 4) is 0 Å². The number of hydrogen-bond acceptors (Lipinski definition) is 4. The van der Waals surface area contributed by atoms with Gasteiger partial charge in [0.15, 0.2) is 0 Å². The van der Waals surface area contributed by atoms with E-state index in [0.717, 1.165) is 18.8 Å². The predicted octanol–water partition coefficient (Wildman–Crippen LogP) is 1.21. The average molecular weight is 356 g/mol. The highest BCUT2D eigenvalue weighted by atomic mass is 31.2. The minimum Gasteiger partial charge on any atom is -0.381 e. The molecule has 0 spiro atoms. The van der Waals surface area contributed by atoms with Crippen LogP contribution in [0.3, 0.4) is 0 Å². The van der Waals surface area contributed by atoms with Crippen LogP contribution in [0.25, 0.3) is 0 Å². The number of hydrogen-bond donors (Lipinski definition) is 3. The lowest BCUT2D eigenvalue weighted by molar-refractivity contribution is -0.118. The molecule has 0 aromatic heterocycles. The Labute approximate surface area is 140 Å². The van der Waals surface area contributed by atoms with Gasteiger partial charge in [0.1, 0.15) is 6.54 Å². The maximum Gasteiger partial charge on any atom is 0.329 e. The fourth-order valence-electron chi connectivity index (χ4n) is 2.41. The zero-order valence-corrected chi connectivity index (χ0v) is 14.1. The van der Waals surface area contributed by atoms with E-state index < -0.39 is 13.6 Å². The summed E-state index contributed by atoms with van der Waals surface area (Å²) in [6.07, 6.45) is 2.21. The summed E-state index contributed by atoms with van der Waals surface area (Å²) in [5.74, 6) is -0.351. The predicted molar refractivity (Wildman–Crippen MR) is 86.2 cm³/mol. The van der Waals surface area contributed by atoms with Crippen LogP contribution in [0.5, 0.6) is 0 Å². The molecule has 0 bridgehead atoms. The molecule has 0 unspecified atom stereocenters. The Bertz CT molecular complexity index is 633. The average Bonchev–Trinajstić information content (AvgIpc) is 3.12. The highest BCUT2D eigenvalue weighted by Crippen LogP contribution is 2.39. The van der Waals surface area contributed by atoms with Crippen molar-refractivity contribution >= 4 is 19.5 Å². The molecule has 3 amide bonds. The van der Waals surface area contributed by atoms with Gasteiger partial charge in [-0.05, 0) is 24.0 Å². The number of imide groups is 1. The first kappa shape index (κ1) is 18.6. The summed E-state index contributed by atoms with van der Waals surface area (Å²) in [6, 6.07) is 6.17. The molecule has 2 aliphatic rings. The standard InChI is InChI=1S/C11H13N2O5P.C4H8O/c14-10-6-13(11(15)12-10)5-8-2-1-3-9(4-8)7-19(16,17)18;1-2-4-5-3-1/h1-4H,5-7H2,(H,12,14,15)(H2,16,17,18);1-4H2. The zero-order chi connectivity index (χ0) is 17.6. The Morgan fingerprint density at radius 2 is 1.83 bits per heavy atom. The molecular weight excluding hydrogens is 335 g/mol. The van der Waals surface area contributed by atoms with E-state index in [9.17, 15) is 14.2 Å². The highest BCUT2D eigenvalue weighted by molar-refractivity contribution is 7.50. The number of carbonyl (C=O) groups excluding carboxylic acids is 2. The molecule has 8 nitrogen and oxygen atoms in total. The third-order valence-electron chi connectivity index (χ3n) is 3.45. The summed E-state index contributed by atoms with van der Waals surface area (Å²) < 4.78 is 15.9. The molecule has 24 heavy (non-hydrogen) atoms. The lowest BCUT2D eigenvalue weighted by Gasteiger charge is -2.14. The van der Waals surface area contributed by atoms with Crippen molar-refractivity contribution in [3.05, 3.63) is 35.4 Å². The van der Waals surface area contributed by atoms with Crippen LogP contribution in [0.15, 0.2) is 24.3 Å². The molecule has 0 atom stereocenters. The van der Waals surface area contributed by atoms with Crippen LogP contribution in [0.2, 0.25) is 0 Å². The highest BCUT2D eigenvalue weighted by Gasteiger charge is 2.26. The van der Waals surface area contributed by atoms with Crippen molar-refractivity contribution in [2.75, 3.05) is 19.8 Å². The molecule has 3 N–H and O–H groups in total. The lowest BCUT2D eigenvalue weighted by atomic mass is 10.1. The van der Waals surface area contributed by atoms with Crippen molar-refractivity contribution in [1.29, 1.82) is 0 Å². The summed E-state index contributed by atoms with van der Waals surface area (Å²) in [6.45, 7) is 2.23. The van der Waals surface area contributed by atoms with E-state index in [1.54, 1.807) is 24.3 Å². The molecule has 3 rings (SSSR count). The number of nitrogens with zero attached hydrogens (tertiary/aromatic N) is 1. The van der Waals surface area contributed by atoms with Crippen LogP contribution >= 0.6 is 7.60 Å². The first-order chi connectivity index (χ1) is 11.3. The van der Waals surface area contributed by atoms with Crippen molar-refractivity contribution in [1.82, 2.24) is 10.2 Å². The summed E-state index contributed by atoms with van der Waals surface area (Å²) in [5.41, 5.74) is 1.22. The maximum atomic E-state index is 11.4. The lowest BCUT2D eigenvalue weighted by Crippen LogP contribution is -2.27. The van der Waals surface area contributed by atoms with Gasteiger partial charge in [0.25, 0.3) is 0 Å². The van der Waals surface area contributed by atoms with Crippen LogP contribution in [0.1, 0.15) is 24.0 Å². The monoisotopic (exact) mass is 356 g/mol. The number of nitrogens with one attached hydrogen (secondary N) is 1. The maximum absolute atomic E-state index is 11.4. The molecule has 2 heterocycles. The molecule has 132 valence electrons. The topological polar surface area (TPSA) is 116 Å². The summed E-state index contributed by atoms with van der Waals surface area (Å²) in [7, 11) is -4.11. The summed E-state index contributed by atoms with van der Waals surface area (Å²) >= 11 is 0. The van der Waals surface area contributed by atoms with Gasteiger partial charge >= 0.3 is 13.6 Å². The van der Waals surface area contributed by atoms with Crippen molar-refractivity contribution in [2.45, 2.75) is 25.5 Å². The fraction of sp³-hybridized carbons (Fsp3) is 0.467. The van der Waals surface area contributed by atoms with Crippen LogP contribution in [-0.2, 0) is 26.8 Å². The molecule has 0 radical (unpaired) electrons.